The zero-order chi connectivity index (χ0) is 22.0. The monoisotopic (exact) mass is 496 g/mol. The van der Waals surface area contributed by atoms with E-state index in [1.165, 1.54) is 5.56 Å². The molecule has 0 radical (unpaired) electrons. The fourth-order valence-electron chi connectivity index (χ4n) is 4.21. The maximum absolute atomic E-state index is 12.7. The summed E-state index contributed by atoms with van der Waals surface area (Å²) in [7, 11) is 4.55. The van der Waals surface area contributed by atoms with E-state index in [2.05, 4.69) is 31.5 Å². The highest BCUT2D eigenvalue weighted by Gasteiger charge is 2.30. The predicted octanol–water partition coefficient (Wildman–Crippen LogP) is 2.17. The third-order valence-corrected chi connectivity index (χ3v) is 6.56. The van der Waals surface area contributed by atoms with Gasteiger partial charge < -0.3 is 31.7 Å². The molecular weight excluding hydrogens is 471 g/mol. The normalized spacial score (nSPS) is 16.3. The summed E-state index contributed by atoms with van der Waals surface area (Å²) >= 11 is 12.3. The molecule has 0 bridgehead atoms. The van der Waals surface area contributed by atoms with Crippen molar-refractivity contribution < 1.29 is 31.2 Å². The number of halogens is 3. The van der Waals surface area contributed by atoms with Gasteiger partial charge in [-0.1, -0.05) is 35.3 Å². The smallest absolute Gasteiger partial charge is 0.255 e. The second-order valence-electron chi connectivity index (χ2n) is 8.69. The third kappa shape index (κ3) is 5.77. The number of benzene rings is 2. The maximum Gasteiger partial charge on any atom is 0.255 e. The Morgan fingerprint density at radius 3 is 2.50 bits per heavy atom. The van der Waals surface area contributed by atoms with Gasteiger partial charge in [0.05, 0.1) is 43.9 Å². The lowest BCUT2D eigenvalue weighted by atomic mass is 10.0. The largest absolute Gasteiger partial charge is 1.00 e. The summed E-state index contributed by atoms with van der Waals surface area (Å²) in [5, 5.41) is 3.91. The average molecular weight is 498 g/mol. The Kier molecular flexibility index (Phi) is 8.12. The molecule has 5 nitrogen and oxygen atoms in total. The topological polar surface area (TPSA) is 47.6 Å². The van der Waals surface area contributed by atoms with Crippen LogP contribution >= 0.6 is 23.2 Å². The molecule has 8 heteroatoms. The number of hydrogen-bond donors (Lipinski definition) is 1. The Balaban J connectivity index is 0.00000289. The van der Waals surface area contributed by atoms with Crippen LogP contribution in [0.3, 0.4) is 0 Å². The fourth-order valence-corrected chi connectivity index (χ4v) is 4.74. The Morgan fingerprint density at radius 2 is 1.81 bits per heavy atom. The molecule has 0 unspecified atom stereocenters. The lowest BCUT2D eigenvalue weighted by Crippen LogP contribution is -3.00. The van der Waals surface area contributed by atoms with Crippen molar-refractivity contribution in [3.8, 4) is 5.75 Å². The second-order valence-corrected chi connectivity index (χ2v) is 9.53. The summed E-state index contributed by atoms with van der Waals surface area (Å²) in [5.74, 6) is 0.381. The quantitative estimate of drug-likeness (QED) is 0.644. The molecule has 1 fully saturated rings. The van der Waals surface area contributed by atoms with Crippen molar-refractivity contribution in [2.75, 3.05) is 39.2 Å². The number of carbonyl (C=O) groups is 1. The molecule has 0 aliphatic carbocycles. The van der Waals surface area contributed by atoms with Crippen molar-refractivity contribution in [3.63, 3.8) is 0 Å². The van der Waals surface area contributed by atoms with Crippen LogP contribution in [0.1, 0.15) is 24.0 Å². The predicted molar refractivity (Wildman–Crippen MR) is 125 cm³/mol. The standard InChI is InChI=1S/C24H26Cl2N2O3.ClH/c1-28(2,20-7-9-30-10-8-20)14-16-3-5-19(6-4-16)27-24(29)17-11-21-22(26)12-18(25)13-23(21)31-15-17;/h3-6,11-13,20H,7-10,14-15H2,1-2H3;1H. The highest BCUT2D eigenvalue weighted by atomic mass is 35.5. The Hall–Kier alpha value is -1.76. The molecule has 2 aliphatic heterocycles. The summed E-state index contributed by atoms with van der Waals surface area (Å²) in [6.07, 6.45) is 3.95. The van der Waals surface area contributed by atoms with Crippen molar-refractivity contribution in [3.05, 3.63) is 63.1 Å². The molecule has 0 aromatic heterocycles. The number of carbonyl (C=O) groups excluding carboxylic acids is 1. The van der Waals surface area contributed by atoms with Crippen molar-refractivity contribution in [1.29, 1.82) is 0 Å². The summed E-state index contributed by atoms with van der Waals surface area (Å²) in [6.45, 7) is 2.80. The van der Waals surface area contributed by atoms with Crippen LogP contribution in [0, 0.1) is 0 Å². The van der Waals surface area contributed by atoms with Crippen molar-refractivity contribution in [1.82, 2.24) is 0 Å². The Bertz CT molecular complexity index is 1000. The molecule has 0 atom stereocenters. The number of quaternary nitrogens is 1. The van der Waals surface area contributed by atoms with Gasteiger partial charge in [-0.15, -0.1) is 0 Å². The molecule has 1 N–H and O–H groups in total. The molecule has 32 heavy (non-hydrogen) atoms. The van der Waals surface area contributed by atoms with Gasteiger partial charge in [-0.3, -0.25) is 4.79 Å². The SMILES string of the molecule is C[N+](C)(Cc1ccc(NC(=O)C2=Cc3c(Cl)cc(Cl)cc3OC2)cc1)C1CCOCC1.[Cl-]. The molecule has 1 amide bonds. The van der Waals surface area contributed by atoms with E-state index in [9.17, 15) is 4.79 Å². The first-order valence-electron chi connectivity index (χ1n) is 10.4. The van der Waals surface area contributed by atoms with Crippen molar-refractivity contribution >= 4 is 40.9 Å². The molecule has 2 aromatic carbocycles. The van der Waals surface area contributed by atoms with Crippen LogP contribution in [0.25, 0.3) is 6.08 Å². The minimum atomic E-state index is -0.206. The van der Waals surface area contributed by atoms with E-state index in [1.54, 1.807) is 18.2 Å². The van der Waals surface area contributed by atoms with E-state index >= 15 is 0 Å². The number of ether oxygens (including phenoxy) is 2. The van der Waals surface area contributed by atoms with Gasteiger partial charge in [0.2, 0.25) is 0 Å². The summed E-state index contributed by atoms with van der Waals surface area (Å²) in [5.41, 5.74) is 3.18. The number of amides is 1. The van der Waals surface area contributed by atoms with Gasteiger partial charge in [-0.2, -0.15) is 0 Å². The lowest BCUT2D eigenvalue weighted by Gasteiger charge is -2.40. The van der Waals surface area contributed by atoms with E-state index in [4.69, 9.17) is 32.7 Å². The number of rotatable bonds is 5. The molecular formula is C24H27Cl3N2O3. The molecule has 4 rings (SSSR count). The van der Waals surface area contributed by atoms with Gasteiger partial charge in [0.25, 0.3) is 5.91 Å². The van der Waals surface area contributed by atoms with E-state index in [1.807, 2.05) is 12.1 Å². The minimum Gasteiger partial charge on any atom is -1.00 e. The average Bonchev–Trinajstić information content (AvgIpc) is 2.75. The highest BCUT2D eigenvalue weighted by molar-refractivity contribution is 6.36. The van der Waals surface area contributed by atoms with E-state index in [0.29, 0.717) is 33.0 Å². The minimum absolute atomic E-state index is 0. The van der Waals surface area contributed by atoms with Crippen molar-refractivity contribution in [2.24, 2.45) is 0 Å². The van der Waals surface area contributed by atoms with Crippen LogP contribution in [0.2, 0.25) is 10.0 Å². The van der Waals surface area contributed by atoms with Crippen LogP contribution < -0.4 is 22.5 Å². The fraction of sp³-hybridized carbons (Fsp3) is 0.375. The van der Waals surface area contributed by atoms with Crippen LogP contribution in [-0.2, 0) is 16.1 Å². The number of fused-ring (bicyclic) bond motifs is 1. The highest BCUT2D eigenvalue weighted by Crippen LogP contribution is 2.35. The summed E-state index contributed by atoms with van der Waals surface area (Å²) < 4.78 is 12.1. The van der Waals surface area contributed by atoms with Gasteiger partial charge in [0.15, 0.2) is 0 Å². The van der Waals surface area contributed by atoms with E-state index < -0.39 is 0 Å². The molecule has 2 heterocycles. The molecule has 2 aromatic rings. The molecule has 1 saturated heterocycles. The number of hydrogen-bond acceptors (Lipinski definition) is 3. The zero-order valence-corrected chi connectivity index (χ0v) is 20.4. The molecule has 0 spiro atoms. The lowest BCUT2D eigenvalue weighted by molar-refractivity contribution is -0.929. The Morgan fingerprint density at radius 1 is 1.12 bits per heavy atom. The first-order valence-corrected chi connectivity index (χ1v) is 11.2. The molecule has 2 aliphatic rings. The zero-order valence-electron chi connectivity index (χ0n) is 18.2. The maximum atomic E-state index is 12.7. The van der Waals surface area contributed by atoms with E-state index in [0.717, 1.165) is 42.8 Å². The number of anilines is 1. The first-order chi connectivity index (χ1) is 14.8. The van der Waals surface area contributed by atoms with E-state index in [-0.39, 0.29) is 24.9 Å². The van der Waals surface area contributed by atoms with Crippen LogP contribution in [-0.4, -0.2) is 50.3 Å². The van der Waals surface area contributed by atoms with Gasteiger partial charge in [-0.05, 0) is 30.3 Å². The first kappa shape index (κ1) is 24.9. The summed E-state index contributed by atoms with van der Waals surface area (Å²) in [6, 6.07) is 12.0. The second kappa shape index (κ2) is 10.4. The van der Waals surface area contributed by atoms with Gasteiger partial charge in [-0.25, -0.2) is 0 Å². The van der Waals surface area contributed by atoms with Crippen LogP contribution in [0.4, 0.5) is 5.69 Å². The Labute approximate surface area is 205 Å². The molecule has 0 saturated carbocycles. The molecule has 172 valence electrons. The van der Waals surface area contributed by atoms with Gasteiger partial charge in [0.1, 0.15) is 18.9 Å². The van der Waals surface area contributed by atoms with Crippen LogP contribution in [0.15, 0.2) is 42.0 Å². The number of nitrogens with one attached hydrogen (secondary N) is 1. The summed E-state index contributed by atoms with van der Waals surface area (Å²) in [4.78, 5) is 12.7. The van der Waals surface area contributed by atoms with Crippen LogP contribution in [0.5, 0.6) is 5.75 Å². The van der Waals surface area contributed by atoms with Crippen molar-refractivity contribution in [2.45, 2.75) is 25.4 Å². The third-order valence-electron chi connectivity index (χ3n) is 6.03. The number of nitrogens with zero attached hydrogens (tertiary/aromatic N) is 1. The van der Waals surface area contributed by atoms with Gasteiger partial charge >= 0.3 is 0 Å². The van der Waals surface area contributed by atoms with Gasteiger partial charge in [0, 0.05) is 34.7 Å².